The highest BCUT2D eigenvalue weighted by Gasteiger charge is 2.51. The van der Waals surface area contributed by atoms with Crippen LogP contribution in [0.25, 0.3) is 66.1 Å². The Morgan fingerprint density at radius 2 is 1.30 bits per heavy atom. The zero-order valence-corrected chi connectivity index (χ0v) is 46.0. The molecule has 70 heavy (non-hydrogen) atoms. The zero-order chi connectivity index (χ0) is 48.5. The lowest BCUT2D eigenvalue weighted by Gasteiger charge is -2.32. The van der Waals surface area contributed by atoms with Gasteiger partial charge in [0.25, 0.3) is 0 Å². The predicted octanol–water partition coefficient (Wildman–Crippen LogP) is 12.5. The molecule has 1 saturated heterocycles. The quantitative estimate of drug-likeness (QED) is 0.126. The third-order valence-electron chi connectivity index (χ3n) is 14.1. The summed E-state index contributed by atoms with van der Waals surface area (Å²) in [6.07, 6.45) is 5.80. The monoisotopic (exact) mass is 1060 g/mol. The van der Waals surface area contributed by atoms with Crippen LogP contribution in [0.15, 0.2) is 112 Å². The molecule has 4 unspecified atom stereocenters. The van der Waals surface area contributed by atoms with E-state index in [1.54, 1.807) is 0 Å². The van der Waals surface area contributed by atoms with Gasteiger partial charge in [0.15, 0.2) is 0 Å². The molecule has 10 nitrogen and oxygen atoms in total. The zero-order valence-electron chi connectivity index (χ0n) is 40.4. The molecule has 13 rings (SSSR count). The Balaban J connectivity index is 0.000000132. The number of imidazole rings is 2. The molecule has 1 fully saturated rings. The Bertz CT molecular complexity index is 3500. The number of halogens is 1. The second-order valence-electron chi connectivity index (χ2n) is 18.9. The number of nitrogens with zero attached hydrogens (tertiary/aromatic N) is 4. The molecule has 2 aromatic heterocycles. The molecule has 5 aliphatic rings. The van der Waals surface area contributed by atoms with Gasteiger partial charge in [-0.05, 0) is 152 Å². The average molecular weight is 1070 g/mol. The van der Waals surface area contributed by atoms with Crippen LogP contribution >= 0.6 is 50.3 Å². The van der Waals surface area contributed by atoms with Crippen molar-refractivity contribution in [3.63, 3.8) is 0 Å². The highest BCUT2D eigenvalue weighted by atomic mass is 79.9. The van der Waals surface area contributed by atoms with Crippen molar-refractivity contribution in [2.24, 2.45) is 9.98 Å². The second-order valence-corrected chi connectivity index (χ2v) is 24.0. The Morgan fingerprint density at radius 1 is 0.643 bits per heavy atom. The number of rotatable bonds is 6. The fourth-order valence-corrected chi connectivity index (χ4v) is 12.2. The van der Waals surface area contributed by atoms with Gasteiger partial charge >= 0.3 is 7.12 Å². The van der Waals surface area contributed by atoms with Gasteiger partial charge < -0.3 is 28.8 Å². The summed E-state index contributed by atoms with van der Waals surface area (Å²) in [5.41, 5.74) is 18.9. The summed E-state index contributed by atoms with van der Waals surface area (Å²) in [5, 5.41) is 4.82. The van der Waals surface area contributed by atoms with Crippen LogP contribution < -0.4 is 26.1 Å². The van der Waals surface area contributed by atoms with Crippen molar-refractivity contribution in [2.45, 2.75) is 65.0 Å². The highest BCUT2D eigenvalue weighted by Crippen LogP contribution is 2.46. The molecule has 0 aliphatic carbocycles. The predicted molar refractivity (Wildman–Crippen MR) is 306 cm³/mol. The first-order valence-electron chi connectivity index (χ1n) is 23.5. The third-order valence-corrected chi connectivity index (χ3v) is 17.8. The molecule has 0 radical (unpaired) electrons. The smallest absolute Gasteiger partial charge is 0.488 e. The van der Waals surface area contributed by atoms with Crippen LogP contribution in [0, 0.1) is 0 Å². The number of benzene rings is 6. The van der Waals surface area contributed by atoms with E-state index < -0.39 is 0 Å². The summed E-state index contributed by atoms with van der Waals surface area (Å²) in [6.45, 7) is 18.1. The van der Waals surface area contributed by atoms with Crippen molar-refractivity contribution in [3.8, 4) is 45.0 Å². The van der Waals surface area contributed by atoms with E-state index in [-0.39, 0.29) is 18.3 Å². The van der Waals surface area contributed by atoms with Gasteiger partial charge in [-0.15, -0.1) is 0 Å². The molecular weight excluding hydrogens is 1010 g/mol. The molecular formula is C54H54BBrN6O4P4. The van der Waals surface area contributed by atoms with Crippen molar-refractivity contribution in [3.05, 3.63) is 118 Å². The SMILES string of the molecule is CPC1=NC=C(Br)C1.CPC1=Nc2ccc3cc4c(cc3c2C1)OCc1cc(-c2cnc(PC)[nH]2)ccc1-4.CPc1nc2c(ccc3cc4c(cc32)OCc2cc(B3OC(C)(C)C(C)(C)O3)ccc2-4)[nH]1. The fraction of sp³-hybridized carbons (Fsp3) is 0.259. The number of aromatic nitrogens is 4. The number of allylic oxidation sites excluding steroid dienone is 1. The van der Waals surface area contributed by atoms with Gasteiger partial charge in [0.2, 0.25) is 0 Å². The standard InChI is InChI=1S/C25H26BN2O3P.C24H21N3OP2.C5H7BrNP/c1-24(2)25(3,4)31-26(30-24)16-7-8-17-15(10-16)13-29-21-12-18-14(11-19(17)21)6-9-20-22(18)28-23(27-20)32-5;1-29-23-10-18-17-9-22-19(8-13(17)4-6-20(18)26-23)16-5-3-14(7-15(16)12-28-22)21-11-25-24(27-21)30-2;1-8-5-2-4(6)3-7-5/h6-12,32H,13H2,1-5H3,(H,27,28);3-9,11,29-30H,10,12H2,1-2H3,(H,25,27);3,8H,2H2,1H3. The van der Waals surface area contributed by atoms with Crippen LogP contribution in [0.5, 0.6) is 11.5 Å². The van der Waals surface area contributed by atoms with E-state index in [4.69, 9.17) is 28.8 Å². The molecule has 0 spiro atoms. The molecule has 2 N–H and O–H groups in total. The van der Waals surface area contributed by atoms with Gasteiger partial charge in [-0.2, -0.15) is 0 Å². The van der Waals surface area contributed by atoms with Crippen molar-refractivity contribution < 1.29 is 18.8 Å². The highest BCUT2D eigenvalue weighted by molar-refractivity contribution is 9.11. The summed E-state index contributed by atoms with van der Waals surface area (Å²) >= 11 is 3.37. The maximum atomic E-state index is 6.25. The number of aliphatic imine (C=N–C) groups is 2. The van der Waals surface area contributed by atoms with Crippen LogP contribution in [0.4, 0.5) is 5.69 Å². The van der Waals surface area contributed by atoms with Gasteiger partial charge in [-0.3, -0.25) is 9.98 Å². The van der Waals surface area contributed by atoms with E-state index >= 15 is 0 Å². The maximum Gasteiger partial charge on any atom is 0.494 e. The lowest BCUT2D eigenvalue weighted by molar-refractivity contribution is 0.00578. The van der Waals surface area contributed by atoms with Crippen LogP contribution in [-0.4, -0.2) is 75.8 Å². The topological polar surface area (TPSA) is 119 Å². The fourth-order valence-electron chi connectivity index (χ4n) is 9.52. The normalized spacial score (nSPS) is 17.3. The number of fused-ring (bicyclic) bond motifs is 12. The molecule has 7 heterocycles. The van der Waals surface area contributed by atoms with Gasteiger partial charge in [0.1, 0.15) is 35.8 Å². The number of hydrogen-bond donors (Lipinski definition) is 2. The van der Waals surface area contributed by atoms with Gasteiger partial charge in [0.05, 0.1) is 39.8 Å². The molecule has 0 saturated carbocycles. The van der Waals surface area contributed by atoms with Crippen LogP contribution in [0.3, 0.4) is 0 Å². The van der Waals surface area contributed by atoms with Gasteiger partial charge in [-0.25, -0.2) is 9.97 Å². The number of nitrogens with one attached hydrogen (secondary N) is 2. The molecule has 4 atom stereocenters. The minimum atomic E-state index is -0.371. The Kier molecular flexibility index (Phi) is 13.0. The minimum absolute atomic E-state index is 0.356. The van der Waals surface area contributed by atoms with Crippen molar-refractivity contribution >= 4 is 123 Å². The van der Waals surface area contributed by atoms with Gasteiger partial charge in [-0.1, -0.05) is 92.7 Å². The molecule has 8 aromatic rings. The van der Waals surface area contributed by atoms with E-state index in [0.717, 1.165) is 103 Å². The summed E-state index contributed by atoms with van der Waals surface area (Å²) in [7, 11) is 2.57. The Hall–Kier alpha value is -4.62. The number of H-pyrrole nitrogens is 2. The Labute approximate surface area is 424 Å². The first kappa shape index (κ1) is 47.7. The number of aromatic amines is 2. The summed E-state index contributed by atoms with van der Waals surface area (Å²) < 4.78 is 26.2. The van der Waals surface area contributed by atoms with E-state index in [0.29, 0.717) is 30.4 Å². The van der Waals surface area contributed by atoms with Crippen LogP contribution in [0.2, 0.25) is 0 Å². The molecule has 354 valence electrons. The van der Waals surface area contributed by atoms with E-state index in [9.17, 15) is 0 Å². The lowest BCUT2D eigenvalue weighted by Crippen LogP contribution is -2.41. The summed E-state index contributed by atoms with van der Waals surface area (Å²) in [6, 6.07) is 30.6. The van der Waals surface area contributed by atoms with Crippen LogP contribution in [0.1, 0.15) is 50.8 Å². The van der Waals surface area contributed by atoms with E-state index in [1.165, 1.54) is 59.4 Å². The number of ether oxygens (including phenoxy) is 2. The minimum Gasteiger partial charge on any atom is -0.488 e. The first-order chi connectivity index (χ1) is 33.8. The third kappa shape index (κ3) is 8.91. The summed E-state index contributed by atoms with van der Waals surface area (Å²) in [5.74, 6) is 1.88. The molecule has 6 aromatic carbocycles. The lowest BCUT2D eigenvalue weighted by atomic mass is 9.77. The van der Waals surface area contributed by atoms with Gasteiger partial charge in [0, 0.05) is 50.9 Å². The first-order valence-corrected chi connectivity index (χ1v) is 30.3. The van der Waals surface area contributed by atoms with Crippen LogP contribution in [-0.2, 0) is 28.9 Å². The molecule has 16 heteroatoms. The summed E-state index contributed by atoms with van der Waals surface area (Å²) in [4.78, 5) is 25.0. The maximum absolute atomic E-state index is 6.25. The number of hydrogen-bond acceptors (Lipinski definition) is 8. The molecule has 0 bridgehead atoms. The molecule has 0 amide bonds. The van der Waals surface area contributed by atoms with Crippen molar-refractivity contribution in [1.29, 1.82) is 0 Å². The van der Waals surface area contributed by atoms with E-state index in [1.807, 2.05) is 12.4 Å². The van der Waals surface area contributed by atoms with Crippen molar-refractivity contribution in [1.82, 2.24) is 19.9 Å². The largest absolute Gasteiger partial charge is 0.494 e. The Morgan fingerprint density at radius 3 is 1.94 bits per heavy atom. The average Bonchev–Trinajstić information content (AvgIpc) is 4.23. The van der Waals surface area contributed by atoms with Crippen molar-refractivity contribution in [2.75, 3.05) is 26.7 Å². The molecule has 5 aliphatic heterocycles. The van der Waals surface area contributed by atoms with E-state index in [2.05, 4.69) is 175 Å². The second kappa shape index (κ2) is 19.1.